The monoisotopic (exact) mass is 543 g/mol. The van der Waals surface area contributed by atoms with Gasteiger partial charge in [-0.05, 0) is 58.0 Å². The summed E-state index contributed by atoms with van der Waals surface area (Å²) in [7, 11) is 0. The minimum atomic E-state index is -1.44. The molecule has 0 bridgehead atoms. The number of carbonyl (C=O) groups is 5. The van der Waals surface area contributed by atoms with E-state index in [0.717, 1.165) is 6.42 Å². The van der Waals surface area contributed by atoms with Crippen molar-refractivity contribution in [3.63, 3.8) is 0 Å². The van der Waals surface area contributed by atoms with Crippen LogP contribution in [0.4, 0.5) is 0 Å². The number of aliphatic hydroxyl groups is 1. The topological polar surface area (TPSA) is 274 Å². The average molecular weight is 544 g/mol. The van der Waals surface area contributed by atoms with Crippen LogP contribution in [0.1, 0.15) is 44.9 Å². The van der Waals surface area contributed by atoms with E-state index in [1.807, 2.05) is 0 Å². The van der Waals surface area contributed by atoms with Crippen molar-refractivity contribution in [1.29, 1.82) is 5.41 Å². The second kappa shape index (κ2) is 17.9. The number of carboxylic acid groups (broad SMARTS) is 1. The summed E-state index contributed by atoms with van der Waals surface area (Å²) >= 11 is 0. The number of guanidine groups is 1. The molecule has 0 radical (unpaired) electrons. The highest BCUT2D eigenvalue weighted by Crippen LogP contribution is 2.07. The van der Waals surface area contributed by atoms with E-state index in [9.17, 15) is 29.1 Å². The van der Waals surface area contributed by atoms with Crippen LogP contribution in [-0.4, -0.2) is 103 Å². The molecule has 1 heterocycles. The molecular weight excluding hydrogens is 502 g/mol. The maximum atomic E-state index is 13.0. The molecule has 0 saturated carbocycles. The molecule has 38 heavy (non-hydrogen) atoms. The smallest absolute Gasteiger partial charge is 0.322 e. The molecule has 0 aromatic rings. The van der Waals surface area contributed by atoms with Crippen molar-refractivity contribution in [2.75, 3.05) is 32.8 Å². The minimum absolute atomic E-state index is 0.156. The van der Waals surface area contributed by atoms with Crippen molar-refractivity contribution in [2.24, 2.45) is 11.5 Å². The van der Waals surface area contributed by atoms with Gasteiger partial charge in [0.2, 0.25) is 23.6 Å². The van der Waals surface area contributed by atoms with Crippen molar-refractivity contribution in [1.82, 2.24) is 31.9 Å². The lowest BCUT2D eigenvalue weighted by Crippen LogP contribution is -2.58. The summed E-state index contributed by atoms with van der Waals surface area (Å²) in [6.07, 6.45) is 3.14. The summed E-state index contributed by atoms with van der Waals surface area (Å²) in [6, 6.07) is -4.04. The van der Waals surface area contributed by atoms with Gasteiger partial charge in [0.25, 0.3) is 0 Å². The lowest BCUT2D eigenvalue weighted by molar-refractivity contribution is -0.138. The number of unbranched alkanes of at least 4 members (excludes halogenated alkanes) is 1. The van der Waals surface area contributed by atoms with E-state index in [-0.39, 0.29) is 31.3 Å². The van der Waals surface area contributed by atoms with E-state index in [0.29, 0.717) is 38.8 Å². The fourth-order valence-electron chi connectivity index (χ4n) is 3.76. The van der Waals surface area contributed by atoms with E-state index >= 15 is 0 Å². The normalized spacial score (nSPS) is 16.9. The summed E-state index contributed by atoms with van der Waals surface area (Å²) in [5.41, 5.74) is 10.7. The molecule has 16 heteroatoms. The summed E-state index contributed by atoms with van der Waals surface area (Å²) < 4.78 is 0. The Labute approximate surface area is 220 Å². The van der Waals surface area contributed by atoms with Crippen LogP contribution < -0.4 is 43.4 Å². The molecule has 4 atom stereocenters. The van der Waals surface area contributed by atoms with Crippen LogP contribution in [0, 0.1) is 5.41 Å². The first-order valence-electron chi connectivity index (χ1n) is 12.6. The first-order valence-corrected chi connectivity index (χ1v) is 12.6. The van der Waals surface area contributed by atoms with E-state index in [1.165, 1.54) is 0 Å². The predicted molar refractivity (Wildman–Crippen MR) is 137 cm³/mol. The van der Waals surface area contributed by atoms with Gasteiger partial charge in [0.15, 0.2) is 5.96 Å². The Hall–Kier alpha value is -3.50. The van der Waals surface area contributed by atoms with Gasteiger partial charge in [-0.15, -0.1) is 0 Å². The third-order valence-electron chi connectivity index (χ3n) is 5.80. The van der Waals surface area contributed by atoms with Crippen molar-refractivity contribution in [3.8, 4) is 0 Å². The molecule has 0 aromatic heterocycles. The second-order valence-corrected chi connectivity index (χ2v) is 8.89. The predicted octanol–water partition coefficient (Wildman–Crippen LogP) is -4.22. The summed E-state index contributed by atoms with van der Waals surface area (Å²) in [5.74, 6) is -4.18. The van der Waals surface area contributed by atoms with Crippen LogP contribution in [0.2, 0.25) is 0 Å². The minimum Gasteiger partial charge on any atom is -0.480 e. The van der Waals surface area contributed by atoms with Crippen LogP contribution in [-0.2, 0) is 24.0 Å². The van der Waals surface area contributed by atoms with Crippen molar-refractivity contribution in [2.45, 2.75) is 69.1 Å². The number of aliphatic carboxylic acids is 1. The lowest BCUT2D eigenvalue weighted by atomic mass is 10.1. The number of aliphatic hydroxyl groups excluding tert-OH is 1. The zero-order valence-corrected chi connectivity index (χ0v) is 21.4. The van der Waals surface area contributed by atoms with E-state index < -0.39 is 61.0 Å². The number of amides is 4. The van der Waals surface area contributed by atoms with Crippen LogP contribution in [0.25, 0.3) is 0 Å². The number of nitrogens with two attached hydrogens (primary N) is 2. The van der Waals surface area contributed by atoms with Crippen LogP contribution in [0.5, 0.6) is 0 Å². The molecule has 4 amide bonds. The molecular formula is C22H41N9O7. The van der Waals surface area contributed by atoms with Crippen molar-refractivity contribution < 1.29 is 34.2 Å². The third kappa shape index (κ3) is 12.6. The maximum absolute atomic E-state index is 13.0. The standard InChI is InChI=1S/C22H41N9O7/c23-8-2-1-5-14(18(35)28-11-17(33)34)29-21(38)16(12-32)31-20(37)15(7-4-10-27-22(24)25)30-19(36)13-6-3-9-26-13/h13-16,26,32H,1-12,23H2,(H,28,35)(H,29,38)(H,30,36)(H,31,37)(H,33,34)(H4,24,25,27)/t13-,14-,15-,16-/m0/s1. The molecule has 0 aromatic carbocycles. The van der Waals surface area contributed by atoms with Gasteiger partial charge in [-0.3, -0.25) is 29.4 Å². The fraction of sp³-hybridized carbons (Fsp3) is 0.727. The highest BCUT2D eigenvalue weighted by atomic mass is 16.4. The number of carbonyl (C=O) groups excluding carboxylic acids is 4. The number of nitrogens with one attached hydrogen (secondary N) is 7. The molecule has 0 unspecified atom stereocenters. The molecule has 1 saturated heterocycles. The fourth-order valence-corrected chi connectivity index (χ4v) is 3.76. The molecule has 1 aliphatic heterocycles. The Morgan fingerprint density at radius 1 is 0.921 bits per heavy atom. The average Bonchev–Trinajstić information content (AvgIpc) is 3.41. The first kappa shape index (κ1) is 32.5. The first-order chi connectivity index (χ1) is 18.1. The Morgan fingerprint density at radius 3 is 2.13 bits per heavy atom. The van der Waals surface area contributed by atoms with Gasteiger partial charge in [0, 0.05) is 6.54 Å². The molecule has 216 valence electrons. The molecule has 1 aliphatic rings. The Kier molecular flexibility index (Phi) is 15.3. The number of hydrogen-bond donors (Lipinski definition) is 11. The highest BCUT2D eigenvalue weighted by Gasteiger charge is 2.31. The zero-order chi connectivity index (χ0) is 28.5. The summed E-state index contributed by atoms with van der Waals surface area (Å²) in [5, 5.41) is 41.1. The van der Waals surface area contributed by atoms with Gasteiger partial charge in [0.05, 0.1) is 12.6 Å². The molecule has 16 nitrogen and oxygen atoms in total. The number of carboxylic acids is 1. The quantitative estimate of drug-likeness (QED) is 0.0447. The van der Waals surface area contributed by atoms with Gasteiger partial charge in [0.1, 0.15) is 24.7 Å². The van der Waals surface area contributed by atoms with Crippen LogP contribution >= 0.6 is 0 Å². The Morgan fingerprint density at radius 2 is 1.55 bits per heavy atom. The van der Waals surface area contributed by atoms with Gasteiger partial charge in [-0.1, -0.05) is 0 Å². The Bertz CT molecular complexity index is 821. The second-order valence-electron chi connectivity index (χ2n) is 8.89. The zero-order valence-electron chi connectivity index (χ0n) is 21.4. The van der Waals surface area contributed by atoms with Gasteiger partial charge in [-0.2, -0.15) is 0 Å². The van der Waals surface area contributed by atoms with Gasteiger partial charge >= 0.3 is 5.97 Å². The molecule has 0 aliphatic carbocycles. The SMILES string of the molecule is N=C(N)NCCC[C@H](NC(=O)[C@@H]1CCCN1)C(=O)N[C@@H](CO)C(=O)N[C@@H](CCCCN)C(=O)NCC(=O)O. The van der Waals surface area contributed by atoms with Gasteiger partial charge in [-0.25, -0.2) is 0 Å². The Balaban J connectivity index is 2.86. The molecule has 1 fully saturated rings. The largest absolute Gasteiger partial charge is 0.480 e. The van der Waals surface area contributed by atoms with E-state index in [4.69, 9.17) is 22.0 Å². The molecule has 1 rings (SSSR count). The van der Waals surface area contributed by atoms with E-state index in [2.05, 4.69) is 31.9 Å². The van der Waals surface area contributed by atoms with Crippen LogP contribution in [0.3, 0.4) is 0 Å². The number of hydrogen-bond acceptors (Lipinski definition) is 9. The van der Waals surface area contributed by atoms with Gasteiger partial charge < -0.3 is 53.6 Å². The van der Waals surface area contributed by atoms with Crippen molar-refractivity contribution >= 4 is 35.6 Å². The lowest BCUT2D eigenvalue weighted by Gasteiger charge is -2.25. The van der Waals surface area contributed by atoms with Crippen molar-refractivity contribution in [3.05, 3.63) is 0 Å². The third-order valence-corrected chi connectivity index (χ3v) is 5.80. The summed E-state index contributed by atoms with van der Waals surface area (Å²) in [4.78, 5) is 61.6. The highest BCUT2D eigenvalue weighted by molar-refractivity contribution is 5.95. The number of rotatable bonds is 18. The maximum Gasteiger partial charge on any atom is 0.322 e. The molecule has 13 N–H and O–H groups in total. The summed E-state index contributed by atoms with van der Waals surface area (Å²) in [6.45, 7) is -0.121. The van der Waals surface area contributed by atoms with Crippen LogP contribution in [0.15, 0.2) is 0 Å². The molecule has 0 spiro atoms. The van der Waals surface area contributed by atoms with E-state index in [1.54, 1.807) is 0 Å².